The molecule has 1 fully saturated rings. The fraction of sp³-hybridized carbons (Fsp3) is 0.533. The van der Waals surface area contributed by atoms with Crippen molar-refractivity contribution in [1.29, 1.82) is 0 Å². The van der Waals surface area contributed by atoms with E-state index in [1.807, 2.05) is 25.5 Å². The molecule has 1 aliphatic rings. The molecule has 2 atom stereocenters. The second-order valence-corrected chi connectivity index (χ2v) is 5.62. The number of imidazole rings is 1. The normalized spacial score (nSPS) is 20.5. The van der Waals surface area contributed by atoms with Crippen LogP contribution in [0.2, 0.25) is 0 Å². The van der Waals surface area contributed by atoms with Crippen LogP contribution < -0.4 is 10.2 Å². The van der Waals surface area contributed by atoms with E-state index in [0.717, 1.165) is 31.3 Å². The summed E-state index contributed by atoms with van der Waals surface area (Å²) in [5, 5.41) is 3.68. The Bertz CT molecular complexity index is 567. The second kappa shape index (κ2) is 6.22. The number of rotatable bonds is 4. The summed E-state index contributed by atoms with van der Waals surface area (Å²) in [6.45, 7) is 4.14. The van der Waals surface area contributed by atoms with Gasteiger partial charge in [-0.25, -0.2) is 15.0 Å². The van der Waals surface area contributed by atoms with E-state index in [1.54, 1.807) is 12.4 Å². The SMILES string of the molecule is CC(NC1CCCN(c2ncccn2)C1)c1nccn1C. The standard InChI is InChI=1S/C15H22N6/c1-12(14-16-8-10-20(14)2)19-13-5-3-9-21(11-13)15-17-6-4-7-18-15/h4,6-8,10,12-13,19H,3,5,9,11H2,1-2H3. The number of hydrogen-bond acceptors (Lipinski definition) is 5. The lowest BCUT2D eigenvalue weighted by Gasteiger charge is -2.34. The van der Waals surface area contributed by atoms with Crippen molar-refractivity contribution in [3.63, 3.8) is 0 Å². The third-order valence-corrected chi connectivity index (χ3v) is 3.99. The molecule has 0 saturated carbocycles. The molecule has 2 aromatic heterocycles. The third-order valence-electron chi connectivity index (χ3n) is 3.99. The van der Waals surface area contributed by atoms with Crippen LogP contribution in [0.1, 0.15) is 31.6 Å². The number of piperidine rings is 1. The van der Waals surface area contributed by atoms with Crippen molar-refractivity contribution >= 4 is 5.95 Å². The van der Waals surface area contributed by atoms with Crippen LogP contribution in [0.4, 0.5) is 5.95 Å². The molecule has 0 amide bonds. The highest BCUT2D eigenvalue weighted by Gasteiger charge is 2.23. The number of nitrogens with zero attached hydrogens (tertiary/aromatic N) is 5. The molecule has 2 unspecified atom stereocenters. The monoisotopic (exact) mass is 286 g/mol. The maximum absolute atomic E-state index is 4.42. The lowest BCUT2D eigenvalue weighted by atomic mass is 10.0. The zero-order chi connectivity index (χ0) is 14.7. The number of anilines is 1. The van der Waals surface area contributed by atoms with Gasteiger partial charge in [-0.05, 0) is 25.8 Å². The van der Waals surface area contributed by atoms with Gasteiger partial charge >= 0.3 is 0 Å². The number of hydrogen-bond donors (Lipinski definition) is 1. The van der Waals surface area contributed by atoms with Crippen molar-refractivity contribution in [3.05, 3.63) is 36.7 Å². The van der Waals surface area contributed by atoms with Crippen LogP contribution in [0.25, 0.3) is 0 Å². The molecule has 1 N–H and O–H groups in total. The highest BCUT2D eigenvalue weighted by molar-refractivity contribution is 5.29. The van der Waals surface area contributed by atoms with Gasteiger partial charge in [0.2, 0.25) is 5.95 Å². The first-order chi connectivity index (χ1) is 10.2. The second-order valence-electron chi connectivity index (χ2n) is 5.62. The van der Waals surface area contributed by atoms with Gasteiger partial charge in [-0.1, -0.05) is 0 Å². The highest BCUT2D eigenvalue weighted by atomic mass is 15.3. The average molecular weight is 286 g/mol. The van der Waals surface area contributed by atoms with Crippen molar-refractivity contribution in [2.24, 2.45) is 7.05 Å². The first-order valence-electron chi connectivity index (χ1n) is 7.49. The van der Waals surface area contributed by atoms with Crippen molar-refractivity contribution in [3.8, 4) is 0 Å². The topological polar surface area (TPSA) is 58.9 Å². The summed E-state index contributed by atoms with van der Waals surface area (Å²) in [6.07, 6.45) is 9.77. The minimum Gasteiger partial charge on any atom is -0.339 e. The molecule has 6 nitrogen and oxygen atoms in total. The van der Waals surface area contributed by atoms with Crippen LogP contribution in [-0.2, 0) is 7.05 Å². The average Bonchev–Trinajstić information content (AvgIpc) is 2.95. The first-order valence-corrected chi connectivity index (χ1v) is 7.49. The van der Waals surface area contributed by atoms with Gasteiger partial charge < -0.3 is 14.8 Å². The van der Waals surface area contributed by atoms with Crippen molar-refractivity contribution in [2.45, 2.75) is 31.8 Å². The zero-order valence-electron chi connectivity index (χ0n) is 12.6. The van der Waals surface area contributed by atoms with Crippen LogP contribution >= 0.6 is 0 Å². The largest absolute Gasteiger partial charge is 0.339 e. The molecule has 1 aliphatic heterocycles. The van der Waals surface area contributed by atoms with Crippen molar-refractivity contribution < 1.29 is 0 Å². The number of aromatic nitrogens is 4. The van der Waals surface area contributed by atoms with Gasteiger partial charge in [0, 0.05) is 51.0 Å². The van der Waals surface area contributed by atoms with E-state index in [4.69, 9.17) is 0 Å². The highest BCUT2D eigenvalue weighted by Crippen LogP contribution is 2.18. The molecule has 2 aromatic rings. The molecule has 1 saturated heterocycles. The van der Waals surface area contributed by atoms with E-state index in [1.165, 1.54) is 6.42 Å². The molecule has 0 spiro atoms. The fourth-order valence-electron chi connectivity index (χ4n) is 2.97. The molecule has 0 aliphatic carbocycles. The van der Waals surface area contributed by atoms with Gasteiger partial charge in [-0.2, -0.15) is 0 Å². The Morgan fingerprint density at radius 3 is 2.76 bits per heavy atom. The van der Waals surface area contributed by atoms with E-state index in [2.05, 4.69) is 36.7 Å². The van der Waals surface area contributed by atoms with Gasteiger partial charge in [-0.15, -0.1) is 0 Å². The third kappa shape index (κ3) is 3.21. The molecule has 3 heterocycles. The first kappa shape index (κ1) is 14.0. The summed E-state index contributed by atoms with van der Waals surface area (Å²) in [5.74, 6) is 1.90. The van der Waals surface area contributed by atoms with E-state index in [9.17, 15) is 0 Å². The summed E-state index contributed by atoms with van der Waals surface area (Å²) >= 11 is 0. The summed E-state index contributed by atoms with van der Waals surface area (Å²) in [7, 11) is 2.03. The molecule has 0 aromatic carbocycles. The Labute approximate surface area is 125 Å². The summed E-state index contributed by atoms with van der Waals surface area (Å²) < 4.78 is 2.07. The predicted octanol–water partition coefficient (Wildman–Crippen LogP) is 1.53. The fourth-order valence-corrected chi connectivity index (χ4v) is 2.97. The molecule has 0 radical (unpaired) electrons. The number of aryl methyl sites for hydroxylation is 1. The quantitative estimate of drug-likeness (QED) is 0.923. The van der Waals surface area contributed by atoms with Gasteiger partial charge in [0.05, 0.1) is 6.04 Å². The van der Waals surface area contributed by atoms with Crippen molar-refractivity contribution in [1.82, 2.24) is 24.8 Å². The van der Waals surface area contributed by atoms with Crippen LogP contribution in [0, 0.1) is 0 Å². The summed E-state index contributed by atoms with van der Waals surface area (Å²) in [6, 6.07) is 2.53. The van der Waals surface area contributed by atoms with Crippen LogP contribution in [-0.4, -0.2) is 38.7 Å². The zero-order valence-corrected chi connectivity index (χ0v) is 12.6. The Morgan fingerprint density at radius 2 is 2.05 bits per heavy atom. The summed E-state index contributed by atoms with van der Waals surface area (Å²) in [4.78, 5) is 15.4. The lowest BCUT2D eigenvalue weighted by Crippen LogP contribution is -2.47. The van der Waals surface area contributed by atoms with E-state index in [-0.39, 0.29) is 6.04 Å². The predicted molar refractivity (Wildman–Crippen MR) is 82.0 cm³/mol. The van der Waals surface area contributed by atoms with E-state index >= 15 is 0 Å². The van der Waals surface area contributed by atoms with Crippen LogP contribution in [0.15, 0.2) is 30.9 Å². The minimum atomic E-state index is 0.242. The van der Waals surface area contributed by atoms with Gasteiger partial charge in [0.1, 0.15) is 5.82 Å². The number of nitrogens with one attached hydrogen (secondary N) is 1. The van der Waals surface area contributed by atoms with Gasteiger partial charge in [0.15, 0.2) is 0 Å². The molecule has 0 bridgehead atoms. The van der Waals surface area contributed by atoms with Crippen LogP contribution in [0.3, 0.4) is 0 Å². The Balaban J connectivity index is 1.63. The maximum Gasteiger partial charge on any atom is 0.225 e. The Kier molecular flexibility index (Phi) is 4.15. The molecule has 112 valence electrons. The van der Waals surface area contributed by atoms with Crippen LogP contribution in [0.5, 0.6) is 0 Å². The van der Waals surface area contributed by atoms with E-state index in [0.29, 0.717) is 6.04 Å². The van der Waals surface area contributed by atoms with Gasteiger partial charge in [0.25, 0.3) is 0 Å². The van der Waals surface area contributed by atoms with Crippen molar-refractivity contribution in [2.75, 3.05) is 18.0 Å². The molecular formula is C15H22N6. The molecule has 3 rings (SSSR count). The molecule has 21 heavy (non-hydrogen) atoms. The Morgan fingerprint density at radius 1 is 1.24 bits per heavy atom. The Hall–Kier alpha value is -1.95. The maximum atomic E-state index is 4.42. The molecular weight excluding hydrogens is 264 g/mol. The minimum absolute atomic E-state index is 0.242. The smallest absolute Gasteiger partial charge is 0.225 e. The lowest BCUT2D eigenvalue weighted by molar-refractivity contribution is 0.375. The van der Waals surface area contributed by atoms with Gasteiger partial charge in [-0.3, -0.25) is 0 Å². The van der Waals surface area contributed by atoms with E-state index < -0.39 is 0 Å². The summed E-state index contributed by atoms with van der Waals surface area (Å²) in [5.41, 5.74) is 0. The molecule has 6 heteroatoms.